The first-order chi connectivity index (χ1) is 8.34. The highest BCUT2D eigenvalue weighted by molar-refractivity contribution is 6.35. The molecule has 102 valence electrons. The highest BCUT2D eigenvalue weighted by Crippen LogP contribution is 2.27. The molecule has 0 spiro atoms. The molecule has 0 bridgehead atoms. The van der Waals surface area contributed by atoms with E-state index < -0.39 is 0 Å². The Hall–Kier alpha value is -0.240. The molecule has 1 N–H and O–H groups in total. The number of benzene rings is 1. The summed E-state index contributed by atoms with van der Waals surface area (Å²) >= 11 is 12.2. The summed E-state index contributed by atoms with van der Waals surface area (Å²) in [6, 6.07) is 6.16. The van der Waals surface area contributed by atoms with Crippen molar-refractivity contribution in [1.82, 2.24) is 5.32 Å². The van der Waals surface area contributed by atoms with Crippen LogP contribution in [0.2, 0.25) is 10.0 Å². The van der Waals surface area contributed by atoms with Gasteiger partial charge in [-0.05, 0) is 42.5 Å². The topological polar surface area (TPSA) is 12.0 Å². The maximum absolute atomic E-state index is 6.25. The van der Waals surface area contributed by atoms with Gasteiger partial charge in [0.1, 0.15) is 0 Å². The highest BCUT2D eigenvalue weighted by atomic mass is 35.5. The van der Waals surface area contributed by atoms with Crippen molar-refractivity contribution < 1.29 is 0 Å². The SMILES string of the molecule is CCCNC(Cc1ccc(Cl)cc1Cl)C(C)(C)C. The maximum atomic E-state index is 6.25. The molecule has 3 heteroatoms. The summed E-state index contributed by atoms with van der Waals surface area (Å²) < 4.78 is 0. The van der Waals surface area contributed by atoms with Gasteiger partial charge in [0.25, 0.3) is 0 Å². The molecule has 1 aromatic carbocycles. The zero-order chi connectivity index (χ0) is 13.8. The lowest BCUT2D eigenvalue weighted by molar-refractivity contribution is 0.267. The molecule has 1 nitrogen and oxygen atoms in total. The van der Waals surface area contributed by atoms with E-state index in [1.807, 2.05) is 18.2 Å². The second kappa shape index (κ2) is 6.79. The van der Waals surface area contributed by atoms with Crippen LogP contribution >= 0.6 is 23.2 Å². The molecule has 0 saturated carbocycles. The van der Waals surface area contributed by atoms with Gasteiger partial charge in [0.2, 0.25) is 0 Å². The number of hydrogen-bond donors (Lipinski definition) is 1. The van der Waals surface area contributed by atoms with Crippen molar-refractivity contribution in [3.63, 3.8) is 0 Å². The Bertz CT molecular complexity index is 383. The summed E-state index contributed by atoms with van der Waals surface area (Å²) in [6.45, 7) is 9.98. The predicted molar refractivity (Wildman–Crippen MR) is 81.7 cm³/mol. The molecule has 0 aromatic heterocycles. The Labute approximate surface area is 121 Å². The lowest BCUT2D eigenvalue weighted by Gasteiger charge is -2.32. The maximum Gasteiger partial charge on any atom is 0.0453 e. The van der Waals surface area contributed by atoms with Crippen LogP contribution in [0.5, 0.6) is 0 Å². The number of rotatable bonds is 5. The van der Waals surface area contributed by atoms with Crippen molar-refractivity contribution in [1.29, 1.82) is 0 Å². The Balaban J connectivity index is 2.82. The van der Waals surface area contributed by atoms with E-state index in [9.17, 15) is 0 Å². The van der Waals surface area contributed by atoms with Crippen molar-refractivity contribution in [3.8, 4) is 0 Å². The monoisotopic (exact) mass is 287 g/mol. The summed E-state index contributed by atoms with van der Waals surface area (Å²) in [5.74, 6) is 0. The average Bonchev–Trinajstić information content (AvgIpc) is 2.25. The van der Waals surface area contributed by atoms with Gasteiger partial charge in [-0.3, -0.25) is 0 Å². The van der Waals surface area contributed by atoms with Gasteiger partial charge in [-0.1, -0.05) is 57.0 Å². The van der Waals surface area contributed by atoms with Crippen molar-refractivity contribution in [2.45, 2.75) is 46.6 Å². The minimum Gasteiger partial charge on any atom is -0.313 e. The third kappa shape index (κ3) is 4.79. The van der Waals surface area contributed by atoms with Crippen LogP contribution in [-0.4, -0.2) is 12.6 Å². The first-order valence-corrected chi connectivity index (χ1v) is 7.27. The second-order valence-electron chi connectivity index (χ2n) is 5.81. The van der Waals surface area contributed by atoms with Crippen LogP contribution in [0.4, 0.5) is 0 Å². The van der Waals surface area contributed by atoms with E-state index in [1.54, 1.807) is 0 Å². The summed E-state index contributed by atoms with van der Waals surface area (Å²) in [5, 5.41) is 5.06. The summed E-state index contributed by atoms with van der Waals surface area (Å²) in [7, 11) is 0. The van der Waals surface area contributed by atoms with Crippen molar-refractivity contribution >= 4 is 23.2 Å². The fraction of sp³-hybridized carbons (Fsp3) is 0.600. The van der Waals surface area contributed by atoms with Crippen LogP contribution in [0.3, 0.4) is 0 Å². The van der Waals surface area contributed by atoms with E-state index in [1.165, 1.54) is 0 Å². The molecule has 0 saturated heterocycles. The Kier molecular flexibility index (Phi) is 5.97. The van der Waals surface area contributed by atoms with Crippen LogP contribution < -0.4 is 5.32 Å². The molecular formula is C15H23Cl2N. The normalized spacial score (nSPS) is 13.7. The Morgan fingerprint density at radius 2 is 1.89 bits per heavy atom. The predicted octanol–water partition coefficient (Wildman–Crippen LogP) is 4.95. The van der Waals surface area contributed by atoms with Crippen LogP contribution in [0.15, 0.2) is 18.2 Å². The fourth-order valence-corrected chi connectivity index (χ4v) is 2.40. The molecule has 0 aliphatic rings. The minimum atomic E-state index is 0.206. The number of hydrogen-bond acceptors (Lipinski definition) is 1. The zero-order valence-corrected chi connectivity index (χ0v) is 13.2. The van der Waals surface area contributed by atoms with Crippen LogP contribution in [0.25, 0.3) is 0 Å². The third-order valence-corrected chi connectivity index (χ3v) is 3.71. The second-order valence-corrected chi connectivity index (χ2v) is 6.66. The minimum absolute atomic E-state index is 0.206. The van der Waals surface area contributed by atoms with Gasteiger partial charge in [0.05, 0.1) is 0 Å². The average molecular weight is 288 g/mol. The summed E-state index contributed by atoms with van der Waals surface area (Å²) in [5.41, 5.74) is 1.36. The van der Waals surface area contributed by atoms with Crippen LogP contribution in [0.1, 0.15) is 39.7 Å². The molecule has 1 unspecified atom stereocenters. The molecule has 1 atom stereocenters. The number of halogens is 2. The lowest BCUT2D eigenvalue weighted by atomic mass is 9.83. The van der Waals surface area contributed by atoms with E-state index in [-0.39, 0.29) is 5.41 Å². The van der Waals surface area contributed by atoms with Gasteiger partial charge in [-0.15, -0.1) is 0 Å². The molecule has 0 aliphatic heterocycles. The zero-order valence-electron chi connectivity index (χ0n) is 11.7. The van der Waals surface area contributed by atoms with Gasteiger partial charge >= 0.3 is 0 Å². The molecule has 18 heavy (non-hydrogen) atoms. The van der Waals surface area contributed by atoms with Gasteiger partial charge in [-0.2, -0.15) is 0 Å². The molecule has 0 heterocycles. The first-order valence-electron chi connectivity index (χ1n) is 6.52. The van der Waals surface area contributed by atoms with Crippen LogP contribution in [0, 0.1) is 5.41 Å². The van der Waals surface area contributed by atoms with Gasteiger partial charge in [-0.25, -0.2) is 0 Å². The van der Waals surface area contributed by atoms with Gasteiger partial charge < -0.3 is 5.32 Å². The molecular weight excluding hydrogens is 265 g/mol. The fourth-order valence-electron chi connectivity index (χ4n) is 1.91. The van der Waals surface area contributed by atoms with E-state index >= 15 is 0 Å². The number of nitrogens with one attached hydrogen (secondary N) is 1. The smallest absolute Gasteiger partial charge is 0.0453 e. The third-order valence-electron chi connectivity index (χ3n) is 3.13. The Morgan fingerprint density at radius 1 is 1.22 bits per heavy atom. The molecule has 0 fully saturated rings. The van der Waals surface area contributed by atoms with E-state index in [0.29, 0.717) is 11.1 Å². The summed E-state index contributed by atoms with van der Waals surface area (Å²) in [4.78, 5) is 0. The van der Waals surface area contributed by atoms with Crippen molar-refractivity contribution in [2.24, 2.45) is 5.41 Å². The van der Waals surface area contributed by atoms with E-state index in [2.05, 4.69) is 33.0 Å². The summed E-state index contributed by atoms with van der Waals surface area (Å²) in [6.07, 6.45) is 2.07. The lowest BCUT2D eigenvalue weighted by Crippen LogP contribution is -2.42. The molecule has 0 radical (unpaired) electrons. The van der Waals surface area contributed by atoms with E-state index in [4.69, 9.17) is 23.2 Å². The van der Waals surface area contributed by atoms with Gasteiger partial charge in [0, 0.05) is 16.1 Å². The first kappa shape index (κ1) is 15.8. The largest absolute Gasteiger partial charge is 0.313 e. The van der Waals surface area contributed by atoms with Gasteiger partial charge in [0.15, 0.2) is 0 Å². The van der Waals surface area contributed by atoms with Crippen molar-refractivity contribution in [2.75, 3.05) is 6.54 Å². The molecule has 1 rings (SSSR count). The molecule has 0 amide bonds. The quantitative estimate of drug-likeness (QED) is 0.808. The highest BCUT2D eigenvalue weighted by Gasteiger charge is 2.24. The van der Waals surface area contributed by atoms with Crippen LogP contribution in [-0.2, 0) is 6.42 Å². The van der Waals surface area contributed by atoms with E-state index in [0.717, 1.165) is 30.0 Å². The molecule has 1 aromatic rings. The molecule has 0 aliphatic carbocycles. The Morgan fingerprint density at radius 3 is 2.39 bits per heavy atom. The van der Waals surface area contributed by atoms with Crippen molar-refractivity contribution in [3.05, 3.63) is 33.8 Å². The standard InChI is InChI=1S/C15H23Cl2N/c1-5-8-18-14(15(2,3)4)9-11-6-7-12(16)10-13(11)17/h6-7,10,14,18H,5,8-9H2,1-4H3.